The molecule has 128 valence electrons. The summed E-state index contributed by atoms with van der Waals surface area (Å²) in [6.45, 7) is 4.06. The highest BCUT2D eigenvalue weighted by Gasteiger charge is 2.06. The Bertz CT molecular complexity index is 532. The SMILES string of the molecule is CN=C(NCCCNS(C)(=O)=O)NCC(C)c1ccsc1.I. The maximum Gasteiger partial charge on any atom is 0.208 e. The van der Waals surface area contributed by atoms with E-state index < -0.39 is 10.0 Å². The summed E-state index contributed by atoms with van der Waals surface area (Å²) in [6, 6.07) is 2.13. The van der Waals surface area contributed by atoms with E-state index in [0.29, 0.717) is 25.4 Å². The summed E-state index contributed by atoms with van der Waals surface area (Å²) in [5.74, 6) is 1.15. The van der Waals surface area contributed by atoms with Crippen molar-refractivity contribution >= 4 is 51.3 Å². The number of hydrogen-bond donors (Lipinski definition) is 3. The standard InChI is InChI=1S/C13H24N4O2S2.HI/c1-11(12-5-8-20-10-12)9-16-13(14-2)15-6-4-7-17-21(3,18)19;/h5,8,10-11,17H,4,6-7,9H2,1-3H3,(H2,14,15,16);1H. The van der Waals surface area contributed by atoms with Crippen molar-refractivity contribution in [3.05, 3.63) is 22.4 Å². The maximum atomic E-state index is 10.9. The molecule has 0 saturated carbocycles. The molecule has 1 aromatic rings. The topological polar surface area (TPSA) is 82.6 Å². The average Bonchev–Trinajstić information content (AvgIpc) is 2.94. The highest BCUT2D eigenvalue weighted by molar-refractivity contribution is 14.0. The molecule has 0 bridgehead atoms. The third kappa shape index (κ3) is 9.59. The van der Waals surface area contributed by atoms with Gasteiger partial charge < -0.3 is 10.6 Å². The second kappa shape index (κ2) is 11.2. The number of hydrogen-bond acceptors (Lipinski definition) is 4. The molecule has 6 nitrogen and oxygen atoms in total. The Morgan fingerprint density at radius 3 is 2.64 bits per heavy atom. The number of aliphatic imine (C=N–C) groups is 1. The summed E-state index contributed by atoms with van der Waals surface area (Å²) in [4.78, 5) is 4.15. The molecule has 9 heteroatoms. The zero-order valence-electron chi connectivity index (χ0n) is 13.1. The molecule has 0 fully saturated rings. The first kappa shape index (κ1) is 21.6. The summed E-state index contributed by atoms with van der Waals surface area (Å²) in [6.07, 6.45) is 1.86. The van der Waals surface area contributed by atoms with Crippen LogP contribution >= 0.6 is 35.3 Å². The van der Waals surface area contributed by atoms with Gasteiger partial charge in [-0.2, -0.15) is 11.3 Å². The van der Waals surface area contributed by atoms with Crippen molar-refractivity contribution in [2.24, 2.45) is 4.99 Å². The van der Waals surface area contributed by atoms with Gasteiger partial charge in [0, 0.05) is 26.7 Å². The molecule has 0 saturated heterocycles. The van der Waals surface area contributed by atoms with Crippen LogP contribution in [0.1, 0.15) is 24.8 Å². The molecular formula is C13H25IN4O2S2. The molecule has 0 aliphatic rings. The summed E-state index contributed by atoms with van der Waals surface area (Å²) in [5, 5.41) is 10.7. The van der Waals surface area contributed by atoms with Crippen molar-refractivity contribution in [1.29, 1.82) is 0 Å². The van der Waals surface area contributed by atoms with Crippen LogP contribution in [0.25, 0.3) is 0 Å². The summed E-state index contributed by atoms with van der Waals surface area (Å²) in [5.41, 5.74) is 1.32. The Morgan fingerprint density at radius 2 is 2.09 bits per heavy atom. The minimum atomic E-state index is -3.10. The van der Waals surface area contributed by atoms with Gasteiger partial charge in [-0.05, 0) is 34.7 Å². The number of guanidine groups is 1. The van der Waals surface area contributed by atoms with Gasteiger partial charge in [-0.15, -0.1) is 24.0 Å². The second-order valence-corrected chi connectivity index (χ2v) is 7.47. The van der Waals surface area contributed by atoms with E-state index in [1.54, 1.807) is 18.4 Å². The zero-order valence-corrected chi connectivity index (χ0v) is 17.1. The molecule has 0 amide bonds. The van der Waals surface area contributed by atoms with Crippen molar-refractivity contribution in [2.75, 3.05) is 32.9 Å². The largest absolute Gasteiger partial charge is 0.356 e. The number of halogens is 1. The van der Waals surface area contributed by atoms with E-state index in [1.165, 1.54) is 5.56 Å². The van der Waals surface area contributed by atoms with E-state index >= 15 is 0 Å². The molecule has 1 aromatic heterocycles. The molecule has 0 radical (unpaired) electrons. The van der Waals surface area contributed by atoms with Crippen molar-refractivity contribution in [3.8, 4) is 0 Å². The van der Waals surface area contributed by atoms with Crippen LogP contribution in [0, 0.1) is 0 Å². The number of sulfonamides is 1. The summed E-state index contributed by atoms with van der Waals surface area (Å²) < 4.78 is 24.3. The third-order valence-electron chi connectivity index (χ3n) is 2.92. The third-order valence-corrected chi connectivity index (χ3v) is 4.35. The fourth-order valence-corrected chi connectivity index (χ4v) is 2.99. The molecule has 0 aliphatic carbocycles. The van der Waals surface area contributed by atoms with E-state index in [1.807, 2.05) is 0 Å². The molecule has 1 atom stereocenters. The van der Waals surface area contributed by atoms with Crippen LogP contribution in [-0.4, -0.2) is 47.3 Å². The van der Waals surface area contributed by atoms with Crippen LogP contribution in [0.5, 0.6) is 0 Å². The first-order valence-corrected chi connectivity index (χ1v) is 9.67. The highest BCUT2D eigenvalue weighted by atomic mass is 127. The quantitative estimate of drug-likeness (QED) is 0.238. The lowest BCUT2D eigenvalue weighted by Crippen LogP contribution is -2.40. The molecule has 0 aliphatic heterocycles. The van der Waals surface area contributed by atoms with Crippen molar-refractivity contribution < 1.29 is 8.42 Å². The predicted octanol–water partition coefficient (Wildman–Crippen LogP) is 1.57. The Labute approximate surface area is 154 Å². The fourth-order valence-electron chi connectivity index (χ4n) is 1.70. The van der Waals surface area contributed by atoms with Crippen LogP contribution in [0.4, 0.5) is 0 Å². The van der Waals surface area contributed by atoms with Crippen LogP contribution in [-0.2, 0) is 10.0 Å². The minimum Gasteiger partial charge on any atom is -0.356 e. The Kier molecular flexibility index (Phi) is 11.0. The lowest BCUT2D eigenvalue weighted by Gasteiger charge is -2.15. The maximum absolute atomic E-state index is 10.9. The molecule has 1 rings (SSSR count). The minimum absolute atomic E-state index is 0. The monoisotopic (exact) mass is 460 g/mol. The van der Waals surface area contributed by atoms with Gasteiger partial charge >= 0.3 is 0 Å². The van der Waals surface area contributed by atoms with E-state index in [-0.39, 0.29) is 24.0 Å². The molecule has 3 N–H and O–H groups in total. The Hall–Kier alpha value is -0.390. The summed E-state index contributed by atoms with van der Waals surface area (Å²) in [7, 11) is -1.38. The van der Waals surface area contributed by atoms with Crippen molar-refractivity contribution in [1.82, 2.24) is 15.4 Å². The molecule has 1 unspecified atom stereocenters. The molecular weight excluding hydrogens is 435 g/mol. The fraction of sp³-hybridized carbons (Fsp3) is 0.615. The van der Waals surface area contributed by atoms with E-state index in [2.05, 4.69) is 44.1 Å². The van der Waals surface area contributed by atoms with Gasteiger partial charge in [-0.1, -0.05) is 6.92 Å². The lowest BCUT2D eigenvalue weighted by atomic mass is 10.1. The number of nitrogens with zero attached hydrogens (tertiary/aromatic N) is 1. The Balaban J connectivity index is 0.00000441. The number of thiophene rings is 1. The van der Waals surface area contributed by atoms with E-state index in [4.69, 9.17) is 0 Å². The van der Waals surface area contributed by atoms with E-state index in [0.717, 1.165) is 18.8 Å². The van der Waals surface area contributed by atoms with Gasteiger partial charge in [-0.3, -0.25) is 4.99 Å². The first-order valence-electron chi connectivity index (χ1n) is 6.83. The number of nitrogens with one attached hydrogen (secondary N) is 3. The normalized spacial score (nSPS) is 13.3. The molecule has 0 aromatic carbocycles. The second-order valence-electron chi connectivity index (χ2n) is 4.86. The zero-order chi connectivity index (χ0) is 15.7. The molecule has 22 heavy (non-hydrogen) atoms. The van der Waals surface area contributed by atoms with Gasteiger partial charge in [0.1, 0.15) is 0 Å². The Morgan fingerprint density at radius 1 is 1.36 bits per heavy atom. The van der Waals surface area contributed by atoms with Gasteiger partial charge in [0.05, 0.1) is 6.26 Å². The van der Waals surface area contributed by atoms with Crippen LogP contribution < -0.4 is 15.4 Å². The van der Waals surface area contributed by atoms with Gasteiger partial charge in [-0.25, -0.2) is 13.1 Å². The van der Waals surface area contributed by atoms with Crippen LogP contribution in [0.15, 0.2) is 21.8 Å². The molecule has 0 spiro atoms. The summed E-state index contributed by atoms with van der Waals surface area (Å²) >= 11 is 1.70. The van der Waals surface area contributed by atoms with E-state index in [9.17, 15) is 8.42 Å². The first-order chi connectivity index (χ1) is 9.92. The van der Waals surface area contributed by atoms with Crippen molar-refractivity contribution in [3.63, 3.8) is 0 Å². The van der Waals surface area contributed by atoms with Gasteiger partial charge in [0.25, 0.3) is 0 Å². The van der Waals surface area contributed by atoms with Gasteiger partial charge in [0.15, 0.2) is 5.96 Å². The molecule has 1 heterocycles. The van der Waals surface area contributed by atoms with Crippen molar-refractivity contribution in [2.45, 2.75) is 19.3 Å². The smallest absolute Gasteiger partial charge is 0.208 e. The lowest BCUT2D eigenvalue weighted by molar-refractivity contribution is 0.584. The van der Waals surface area contributed by atoms with Crippen LogP contribution in [0.3, 0.4) is 0 Å². The van der Waals surface area contributed by atoms with Gasteiger partial charge in [0.2, 0.25) is 10.0 Å². The predicted molar refractivity (Wildman–Crippen MR) is 105 cm³/mol. The average molecular weight is 460 g/mol. The van der Waals surface area contributed by atoms with Crippen LogP contribution in [0.2, 0.25) is 0 Å². The highest BCUT2D eigenvalue weighted by Crippen LogP contribution is 2.16. The number of rotatable bonds is 8.